The number of amides is 2. The molecule has 1 atom stereocenters. The summed E-state index contributed by atoms with van der Waals surface area (Å²) in [6, 6.07) is 14.2. The Balaban J connectivity index is 2.04. The Morgan fingerprint density at radius 2 is 1.59 bits per heavy atom. The van der Waals surface area contributed by atoms with Crippen molar-refractivity contribution in [2.45, 2.75) is 51.2 Å². The zero-order valence-corrected chi connectivity index (χ0v) is 25.4. The van der Waals surface area contributed by atoms with Crippen LogP contribution in [0.25, 0.3) is 0 Å². The molecule has 0 spiro atoms. The average Bonchev–Trinajstić information content (AvgIpc) is 2.92. The Morgan fingerprint density at radius 1 is 0.951 bits per heavy atom. The number of hydrogen-bond donors (Lipinski definition) is 1. The molecule has 3 aromatic rings. The van der Waals surface area contributed by atoms with Crippen LogP contribution < -0.4 is 14.4 Å². The van der Waals surface area contributed by atoms with E-state index in [2.05, 4.69) is 5.32 Å². The maximum absolute atomic E-state index is 13.9. The van der Waals surface area contributed by atoms with Gasteiger partial charge in [-0.25, -0.2) is 12.8 Å². The van der Waals surface area contributed by atoms with Crippen molar-refractivity contribution in [1.29, 1.82) is 0 Å². The molecule has 0 aliphatic heterocycles. The molecule has 0 bridgehead atoms. The maximum atomic E-state index is 13.9. The molecular formula is C29H32Cl2FN3O5S. The van der Waals surface area contributed by atoms with Crippen LogP contribution in [0.15, 0.2) is 71.6 Å². The lowest BCUT2D eigenvalue weighted by molar-refractivity contribution is -0.139. The first kappa shape index (κ1) is 32.2. The molecule has 41 heavy (non-hydrogen) atoms. The van der Waals surface area contributed by atoms with Crippen molar-refractivity contribution in [1.82, 2.24) is 10.2 Å². The smallest absolute Gasteiger partial charge is 0.264 e. The van der Waals surface area contributed by atoms with Crippen LogP contribution in [-0.4, -0.2) is 50.4 Å². The molecule has 1 N–H and O–H groups in total. The van der Waals surface area contributed by atoms with Crippen LogP contribution in [-0.2, 0) is 26.2 Å². The van der Waals surface area contributed by atoms with Crippen molar-refractivity contribution < 1.29 is 27.1 Å². The minimum absolute atomic E-state index is 0.0455. The molecule has 0 fully saturated rings. The zero-order valence-electron chi connectivity index (χ0n) is 23.1. The molecule has 2 amide bonds. The summed E-state index contributed by atoms with van der Waals surface area (Å²) in [7, 11) is -4.34. The SMILES string of the molecule is CCOc1ccc(N(CC(=O)N(Cc2ccc(Cl)c(Cl)c2)[C@@H](C)C(=O)NC(C)C)S(=O)(=O)c2ccc(F)cc2)cc1. The Labute approximate surface area is 250 Å². The number of benzene rings is 3. The Bertz CT molecular complexity index is 1470. The standard InChI is InChI=1S/C29H32Cl2FN3O5S/c1-5-40-24-11-9-23(10-12-24)35(41(38,39)25-13-7-22(32)8-14-25)18-28(36)34(20(4)29(37)33-19(2)3)17-21-6-15-26(30)27(31)16-21/h6-16,19-20H,5,17-18H2,1-4H3,(H,33,37)/t20-/m0/s1. The van der Waals surface area contributed by atoms with Crippen LogP contribution in [0, 0.1) is 5.82 Å². The quantitative estimate of drug-likeness (QED) is 0.280. The molecule has 0 aliphatic rings. The van der Waals surface area contributed by atoms with E-state index in [-0.39, 0.29) is 28.2 Å². The number of sulfonamides is 1. The molecule has 12 heteroatoms. The van der Waals surface area contributed by atoms with Gasteiger partial charge in [0, 0.05) is 12.6 Å². The van der Waals surface area contributed by atoms with Crippen LogP contribution in [0.2, 0.25) is 10.0 Å². The van der Waals surface area contributed by atoms with Gasteiger partial charge in [0.2, 0.25) is 11.8 Å². The second-order valence-electron chi connectivity index (χ2n) is 9.50. The van der Waals surface area contributed by atoms with Crippen molar-refractivity contribution in [3.63, 3.8) is 0 Å². The lowest BCUT2D eigenvalue weighted by atomic mass is 10.1. The minimum Gasteiger partial charge on any atom is -0.494 e. The van der Waals surface area contributed by atoms with Gasteiger partial charge in [0.05, 0.1) is 27.2 Å². The van der Waals surface area contributed by atoms with Crippen molar-refractivity contribution in [2.24, 2.45) is 0 Å². The number of nitrogens with zero attached hydrogens (tertiary/aromatic N) is 2. The molecule has 0 heterocycles. The number of carbonyl (C=O) groups is 2. The molecule has 220 valence electrons. The topological polar surface area (TPSA) is 96.0 Å². The van der Waals surface area contributed by atoms with E-state index in [9.17, 15) is 22.4 Å². The fraction of sp³-hybridized carbons (Fsp3) is 0.310. The molecular weight excluding hydrogens is 592 g/mol. The van der Waals surface area contributed by atoms with Gasteiger partial charge < -0.3 is 15.0 Å². The first-order valence-corrected chi connectivity index (χ1v) is 15.1. The van der Waals surface area contributed by atoms with Crippen molar-refractivity contribution >= 4 is 50.7 Å². The summed E-state index contributed by atoms with van der Waals surface area (Å²) >= 11 is 12.2. The Hall–Kier alpha value is -3.34. The number of hydrogen-bond acceptors (Lipinski definition) is 5. The molecule has 0 saturated carbocycles. The summed E-state index contributed by atoms with van der Waals surface area (Å²) in [6.07, 6.45) is 0. The molecule has 3 rings (SSSR count). The van der Waals surface area contributed by atoms with Crippen LogP contribution in [0.5, 0.6) is 5.75 Å². The molecule has 0 saturated heterocycles. The normalized spacial score (nSPS) is 12.1. The first-order chi connectivity index (χ1) is 19.3. The van der Waals surface area contributed by atoms with E-state index in [1.54, 1.807) is 51.1 Å². The van der Waals surface area contributed by atoms with Crippen molar-refractivity contribution in [3.8, 4) is 5.75 Å². The zero-order chi connectivity index (χ0) is 30.3. The fourth-order valence-electron chi connectivity index (χ4n) is 3.96. The van der Waals surface area contributed by atoms with Crippen LogP contribution in [0.1, 0.15) is 33.3 Å². The maximum Gasteiger partial charge on any atom is 0.264 e. The number of ether oxygens (including phenoxy) is 1. The highest BCUT2D eigenvalue weighted by Gasteiger charge is 2.33. The largest absolute Gasteiger partial charge is 0.494 e. The predicted octanol–water partition coefficient (Wildman–Crippen LogP) is 5.67. The minimum atomic E-state index is -4.34. The second-order valence-corrected chi connectivity index (χ2v) is 12.2. The van der Waals surface area contributed by atoms with Crippen molar-refractivity contribution in [3.05, 3.63) is 88.2 Å². The first-order valence-electron chi connectivity index (χ1n) is 12.9. The van der Waals surface area contributed by atoms with E-state index in [0.29, 0.717) is 22.9 Å². The van der Waals surface area contributed by atoms with E-state index in [0.717, 1.165) is 28.6 Å². The van der Waals surface area contributed by atoms with E-state index in [1.807, 2.05) is 6.92 Å². The van der Waals surface area contributed by atoms with E-state index < -0.39 is 40.2 Å². The summed E-state index contributed by atoms with van der Waals surface area (Å²) in [5.74, 6) is -1.16. The van der Waals surface area contributed by atoms with Gasteiger partial charge in [-0.05, 0) is 93.9 Å². The van der Waals surface area contributed by atoms with Gasteiger partial charge in [-0.1, -0.05) is 29.3 Å². The number of nitrogens with one attached hydrogen (secondary N) is 1. The molecule has 0 aromatic heterocycles. The third kappa shape index (κ3) is 8.34. The van der Waals surface area contributed by atoms with Gasteiger partial charge in [-0.2, -0.15) is 0 Å². The Kier molecular flexibility index (Phi) is 11.0. The highest BCUT2D eigenvalue weighted by Crippen LogP contribution is 2.28. The van der Waals surface area contributed by atoms with Gasteiger partial charge in [-0.3, -0.25) is 13.9 Å². The summed E-state index contributed by atoms with van der Waals surface area (Å²) in [6.45, 7) is 6.68. The number of halogens is 3. The van der Waals surface area contributed by atoms with E-state index in [4.69, 9.17) is 27.9 Å². The molecule has 0 unspecified atom stereocenters. The highest BCUT2D eigenvalue weighted by molar-refractivity contribution is 7.92. The summed E-state index contributed by atoms with van der Waals surface area (Å²) in [5.41, 5.74) is 0.769. The second kappa shape index (κ2) is 14.0. The third-order valence-corrected chi connectivity index (χ3v) is 8.58. The Morgan fingerprint density at radius 3 is 2.15 bits per heavy atom. The molecule has 8 nitrogen and oxygen atoms in total. The summed E-state index contributed by atoms with van der Waals surface area (Å²) in [5, 5.41) is 3.38. The highest BCUT2D eigenvalue weighted by atomic mass is 35.5. The molecule has 3 aromatic carbocycles. The third-order valence-electron chi connectivity index (χ3n) is 6.05. The molecule has 0 aliphatic carbocycles. The summed E-state index contributed by atoms with van der Waals surface area (Å²) in [4.78, 5) is 28.0. The van der Waals surface area contributed by atoms with E-state index in [1.165, 1.54) is 17.0 Å². The monoisotopic (exact) mass is 623 g/mol. The van der Waals surface area contributed by atoms with Gasteiger partial charge in [0.15, 0.2) is 0 Å². The molecule has 0 radical (unpaired) electrons. The number of rotatable bonds is 12. The van der Waals surface area contributed by atoms with Crippen LogP contribution in [0.3, 0.4) is 0 Å². The number of anilines is 1. The van der Waals surface area contributed by atoms with Gasteiger partial charge in [0.25, 0.3) is 10.0 Å². The average molecular weight is 625 g/mol. The van der Waals surface area contributed by atoms with E-state index >= 15 is 0 Å². The lowest BCUT2D eigenvalue weighted by Gasteiger charge is -2.32. The predicted molar refractivity (Wildman–Crippen MR) is 158 cm³/mol. The lowest BCUT2D eigenvalue weighted by Crippen LogP contribution is -2.52. The van der Waals surface area contributed by atoms with Crippen LogP contribution in [0.4, 0.5) is 10.1 Å². The van der Waals surface area contributed by atoms with Gasteiger partial charge in [0.1, 0.15) is 24.2 Å². The summed E-state index contributed by atoms with van der Waals surface area (Å²) < 4.78 is 47.6. The van der Waals surface area contributed by atoms with Crippen LogP contribution >= 0.6 is 23.2 Å². The fourth-order valence-corrected chi connectivity index (χ4v) is 5.70. The van der Waals surface area contributed by atoms with Gasteiger partial charge >= 0.3 is 0 Å². The van der Waals surface area contributed by atoms with Crippen molar-refractivity contribution in [2.75, 3.05) is 17.5 Å². The number of carbonyl (C=O) groups excluding carboxylic acids is 2. The van der Waals surface area contributed by atoms with Gasteiger partial charge in [-0.15, -0.1) is 0 Å².